The van der Waals surface area contributed by atoms with Crippen LogP contribution in [0.5, 0.6) is 0 Å². The van der Waals surface area contributed by atoms with Crippen LogP contribution in [-0.4, -0.2) is 75.1 Å². The van der Waals surface area contributed by atoms with Crippen LogP contribution < -0.4 is 16.0 Å². The standard InChI is InChI=1S/C38H40N8O4/c1-37(12-16-45(17-13-37)34(48)31-11-15-40-24-42-31)36(50)46(22-27-7-4-3-6-26(27)21-39-2)23-32(47)43-29-10-9-25-19-38(20-28(25)18-29)30-8-5-14-41-33(30)44-35(38)49/h3-11,14-15,18,24,39H,12-13,16-17,19-23H2,1-2H3,(H,43,47)(H,41,44,49)/t38-/m1/s1. The molecule has 4 heterocycles. The van der Waals surface area contributed by atoms with Crippen LogP contribution in [0.2, 0.25) is 0 Å². The number of nitrogens with zero attached hydrogens (tertiary/aromatic N) is 5. The lowest BCUT2D eigenvalue weighted by Gasteiger charge is -2.41. The first kappa shape index (κ1) is 33.0. The number of nitrogens with one attached hydrogen (secondary N) is 3. The van der Waals surface area contributed by atoms with Crippen LogP contribution in [0.3, 0.4) is 0 Å². The van der Waals surface area contributed by atoms with Crippen LogP contribution >= 0.6 is 0 Å². The zero-order chi connectivity index (χ0) is 34.9. The molecule has 1 fully saturated rings. The summed E-state index contributed by atoms with van der Waals surface area (Å²) < 4.78 is 0. The van der Waals surface area contributed by atoms with Gasteiger partial charge in [0, 0.05) is 55.2 Å². The molecule has 2 aliphatic heterocycles. The lowest BCUT2D eigenvalue weighted by molar-refractivity contribution is -0.146. The summed E-state index contributed by atoms with van der Waals surface area (Å²) in [6.45, 7) is 3.46. The Hall–Kier alpha value is -5.49. The van der Waals surface area contributed by atoms with E-state index < -0.39 is 10.8 Å². The molecular formula is C38H40N8O4. The molecule has 50 heavy (non-hydrogen) atoms. The van der Waals surface area contributed by atoms with Gasteiger partial charge in [0.15, 0.2) is 0 Å². The number of carbonyl (C=O) groups excluding carboxylic acids is 4. The summed E-state index contributed by atoms with van der Waals surface area (Å²) in [4.78, 5) is 70.1. The van der Waals surface area contributed by atoms with E-state index in [1.165, 1.54) is 12.5 Å². The van der Waals surface area contributed by atoms with Crippen LogP contribution in [0.15, 0.2) is 79.4 Å². The van der Waals surface area contributed by atoms with Gasteiger partial charge >= 0.3 is 0 Å². The fourth-order valence-electron chi connectivity index (χ4n) is 7.58. The van der Waals surface area contributed by atoms with Crippen LogP contribution in [0.1, 0.15) is 58.1 Å². The molecule has 1 saturated heterocycles. The van der Waals surface area contributed by atoms with Crippen molar-refractivity contribution in [2.45, 2.75) is 51.1 Å². The number of aromatic nitrogens is 3. The maximum absolute atomic E-state index is 14.4. The molecule has 1 atom stereocenters. The number of amides is 4. The largest absolute Gasteiger partial charge is 0.337 e. The highest BCUT2D eigenvalue weighted by Crippen LogP contribution is 2.47. The molecule has 3 N–H and O–H groups in total. The highest BCUT2D eigenvalue weighted by molar-refractivity contribution is 6.06. The minimum absolute atomic E-state index is 0.0570. The second-order valence-electron chi connectivity index (χ2n) is 13.7. The molecule has 7 rings (SSSR count). The van der Waals surface area contributed by atoms with Crippen molar-refractivity contribution in [2.75, 3.05) is 37.3 Å². The van der Waals surface area contributed by atoms with Crippen molar-refractivity contribution in [1.82, 2.24) is 30.1 Å². The third-order valence-electron chi connectivity index (χ3n) is 10.4. The van der Waals surface area contributed by atoms with Crippen molar-refractivity contribution in [1.29, 1.82) is 0 Å². The van der Waals surface area contributed by atoms with E-state index in [0.29, 0.717) is 62.5 Å². The molecule has 1 spiro atoms. The number of piperidine rings is 1. The van der Waals surface area contributed by atoms with Crippen LogP contribution in [-0.2, 0) is 45.7 Å². The van der Waals surface area contributed by atoms with E-state index in [9.17, 15) is 19.2 Å². The smallest absolute Gasteiger partial charge is 0.272 e. The molecule has 2 aromatic heterocycles. The van der Waals surface area contributed by atoms with Crippen molar-refractivity contribution in [2.24, 2.45) is 5.41 Å². The third-order valence-corrected chi connectivity index (χ3v) is 10.4. The average molecular weight is 673 g/mol. The van der Waals surface area contributed by atoms with Crippen LogP contribution in [0.4, 0.5) is 11.5 Å². The number of carbonyl (C=O) groups is 4. The van der Waals surface area contributed by atoms with Gasteiger partial charge in [-0.25, -0.2) is 15.0 Å². The van der Waals surface area contributed by atoms with Gasteiger partial charge in [-0.3, -0.25) is 19.2 Å². The quantitative estimate of drug-likeness (QED) is 0.245. The van der Waals surface area contributed by atoms with Gasteiger partial charge in [0.1, 0.15) is 24.4 Å². The predicted molar refractivity (Wildman–Crippen MR) is 187 cm³/mol. The molecule has 4 aromatic rings. The van der Waals surface area contributed by atoms with Gasteiger partial charge in [0.2, 0.25) is 17.7 Å². The van der Waals surface area contributed by atoms with Gasteiger partial charge in [-0.1, -0.05) is 43.3 Å². The van der Waals surface area contributed by atoms with Crippen LogP contribution in [0, 0.1) is 5.41 Å². The number of likely N-dealkylation sites (tertiary alicyclic amines) is 1. The molecule has 0 bridgehead atoms. The van der Waals surface area contributed by atoms with E-state index in [4.69, 9.17) is 0 Å². The molecular weight excluding hydrogens is 632 g/mol. The SMILES string of the molecule is CNCc1ccccc1CN(CC(=O)Nc1ccc2c(c1)C[C@@]1(C2)C(=O)Nc2ncccc21)C(=O)C1(C)CCN(C(=O)c2ccncn2)CC1. The van der Waals surface area contributed by atoms with Gasteiger partial charge in [-0.2, -0.15) is 0 Å². The molecule has 0 unspecified atom stereocenters. The second kappa shape index (κ2) is 13.4. The summed E-state index contributed by atoms with van der Waals surface area (Å²) in [6, 6.07) is 19.1. The summed E-state index contributed by atoms with van der Waals surface area (Å²) in [6.07, 6.45) is 6.55. The van der Waals surface area contributed by atoms with E-state index in [1.54, 1.807) is 22.1 Å². The minimum Gasteiger partial charge on any atom is -0.337 e. The molecule has 12 nitrogen and oxygen atoms in total. The first-order chi connectivity index (χ1) is 24.2. The summed E-state index contributed by atoms with van der Waals surface area (Å²) >= 11 is 0. The van der Waals surface area contributed by atoms with Crippen molar-refractivity contribution in [3.05, 3.63) is 113 Å². The number of hydrogen-bond donors (Lipinski definition) is 3. The fourth-order valence-corrected chi connectivity index (χ4v) is 7.58. The van der Waals surface area contributed by atoms with E-state index >= 15 is 0 Å². The minimum atomic E-state index is -0.768. The Balaban J connectivity index is 1.08. The highest BCUT2D eigenvalue weighted by Gasteiger charge is 2.51. The van der Waals surface area contributed by atoms with Gasteiger partial charge in [0.05, 0.1) is 5.41 Å². The lowest BCUT2D eigenvalue weighted by atomic mass is 9.78. The zero-order valence-electron chi connectivity index (χ0n) is 28.2. The van der Waals surface area contributed by atoms with Gasteiger partial charge < -0.3 is 25.8 Å². The lowest BCUT2D eigenvalue weighted by Crippen LogP contribution is -2.51. The molecule has 0 radical (unpaired) electrons. The molecule has 256 valence electrons. The topological polar surface area (TPSA) is 150 Å². The maximum Gasteiger partial charge on any atom is 0.272 e. The van der Waals surface area contributed by atoms with Gasteiger partial charge in [0.25, 0.3) is 5.91 Å². The molecule has 1 aliphatic carbocycles. The fraction of sp³-hybridized carbons (Fsp3) is 0.342. The van der Waals surface area contributed by atoms with E-state index in [-0.39, 0.29) is 36.7 Å². The van der Waals surface area contributed by atoms with Crippen molar-refractivity contribution < 1.29 is 19.2 Å². The van der Waals surface area contributed by atoms with E-state index in [0.717, 1.165) is 27.8 Å². The number of fused-ring (bicyclic) bond motifs is 3. The van der Waals surface area contributed by atoms with Gasteiger partial charge in [-0.15, -0.1) is 0 Å². The molecule has 12 heteroatoms. The molecule has 3 aliphatic rings. The Morgan fingerprint density at radius 2 is 1.72 bits per heavy atom. The molecule has 0 saturated carbocycles. The number of hydrogen-bond acceptors (Lipinski definition) is 8. The molecule has 2 aromatic carbocycles. The summed E-state index contributed by atoms with van der Waals surface area (Å²) in [5.74, 6) is -0.0782. The van der Waals surface area contributed by atoms with E-state index in [1.807, 2.05) is 68.6 Å². The summed E-state index contributed by atoms with van der Waals surface area (Å²) in [7, 11) is 1.87. The Kier molecular flexibility index (Phi) is 8.87. The van der Waals surface area contributed by atoms with Crippen LogP contribution in [0.25, 0.3) is 0 Å². The first-order valence-electron chi connectivity index (χ1n) is 16.9. The average Bonchev–Trinajstić information content (AvgIpc) is 3.65. The summed E-state index contributed by atoms with van der Waals surface area (Å²) in [5, 5.41) is 9.15. The number of anilines is 2. The number of rotatable bonds is 9. The van der Waals surface area contributed by atoms with Crippen molar-refractivity contribution >= 4 is 35.1 Å². The van der Waals surface area contributed by atoms with Crippen molar-refractivity contribution in [3.8, 4) is 0 Å². The Labute approximate surface area is 290 Å². The monoisotopic (exact) mass is 672 g/mol. The second-order valence-corrected chi connectivity index (χ2v) is 13.7. The maximum atomic E-state index is 14.4. The predicted octanol–water partition coefficient (Wildman–Crippen LogP) is 3.49. The van der Waals surface area contributed by atoms with Crippen molar-refractivity contribution in [3.63, 3.8) is 0 Å². The molecule has 4 amide bonds. The first-order valence-corrected chi connectivity index (χ1v) is 16.9. The highest BCUT2D eigenvalue weighted by atomic mass is 16.2. The normalized spacial score (nSPS) is 18.7. The van der Waals surface area contributed by atoms with E-state index in [2.05, 4.69) is 30.9 Å². The number of pyridine rings is 1. The summed E-state index contributed by atoms with van der Waals surface area (Å²) in [5.41, 5.74) is 4.42. The Morgan fingerprint density at radius 3 is 2.48 bits per heavy atom. The Bertz CT molecular complexity index is 1960. The number of benzene rings is 2. The zero-order valence-corrected chi connectivity index (χ0v) is 28.2. The Morgan fingerprint density at radius 1 is 0.940 bits per heavy atom. The third kappa shape index (κ3) is 6.22. The van der Waals surface area contributed by atoms with Gasteiger partial charge in [-0.05, 0) is 79.3 Å².